The van der Waals surface area contributed by atoms with Crippen molar-refractivity contribution >= 4 is 22.6 Å². The Kier molecular flexibility index (Phi) is 3.46. The molecular weight excluding hydrogens is 341 g/mol. The molecule has 8 nitrogen and oxygen atoms in total. The van der Waals surface area contributed by atoms with Gasteiger partial charge in [0.1, 0.15) is 16.7 Å². The molecule has 0 atom stereocenters. The summed E-state index contributed by atoms with van der Waals surface area (Å²) in [5, 5.41) is 14.5. The van der Waals surface area contributed by atoms with E-state index in [0.717, 1.165) is 10.2 Å². The van der Waals surface area contributed by atoms with Crippen LogP contribution >= 0.6 is 0 Å². The second-order valence-corrected chi connectivity index (χ2v) is 6.24. The van der Waals surface area contributed by atoms with E-state index in [4.69, 9.17) is 5.73 Å². The van der Waals surface area contributed by atoms with Gasteiger partial charge in [0, 0.05) is 26.7 Å². The lowest BCUT2D eigenvalue weighted by Crippen LogP contribution is -2.39. The van der Waals surface area contributed by atoms with Crippen molar-refractivity contribution in [3.8, 4) is 5.75 Å². The fourth-order valence-electron chi connectivity index (χ4n) is 3.36. The molecule has 1 aliphatic heterocycles. The maximum atomic E-state index is 13.1. The highest BCUT2D eigenvalue weighted by Crippen LogP contribution is 2.35. The van der Waals surface area contributed by atoms with Gasteiger partial charge in [-0.05, 0) is 17.7 Å². The average molecular weight is 357 g/mol. The molecule has 0 spiro atoms. The van der Waals surface area contributed by atoms with Crippen LogP contribution in [0.15, 0.2) is 29.1 Å². The summed E-state index contributed by atoms with van der Waals surface area (Å²) in [5.74, 6) is -1.09. The number of carbonyl (C=O) groups is 1. The largest absolute Gasteiger partial charge is 0.505 e. The lowest BCUT2D eigenvalue weighted by atomic mass is 10.2. The number of aryl methyl sites for hydroxylation is 1. The molecule has 3 aromatic rings. The van der Waals surface area contributed by atoms with Gasteiger partial charge in [-0.2, -0.15) is 5.10 Å². The van der Waals surface area contributed by atoms with Gasteiger partial charge < -0.3 is 20.3 Å². The Morgan fingerprint density at radius 1 is 1.23 bits per heavy atom. The Morgan fingerprint density at radius 3 is 2.62 bits per heavy atom. The fourth-order valence-corrected chi connectivity index (χ4v) is 3.36. The number of halogens is 1. The number of carbonyl (C=O) groups excluding carboxylic acids is 1. The molecule has 0 bridgehead atoms. The predicted molar refractivity (Wildman–Crippen MR) is 92.2 cm³/mol. The number of benzene rings is 1. The number of nitrogens with zero attached hydrogens (tertiary/aromatic N) is 4. The van der Waals surface area contributed by atoms with Crippen LogP contribution in [0.3, 0.4) is 0 Å². The van der Waals surface area contributed by atoms with Crippen molar-refractivity contribution in [2.75, 3.05) is 12.3 Å². The molecule has 2 aromatic heterocycles. The lowest BCUT2D eigenvalue weighted by Gasteiger charge is -2.28. The van der Waals surface area contributed by atoms with Crippen LogP contribution in [0.4, 0.5) is 10.2 Å². The maximum Gasteiger partial charge on any atom is 0.279 e. The van der Waals surface area contributed by atoms with E-state index in [0.29, 0.717) is 13.1 Å². The SMILES string of the molecule is Cn1nc(N)c2c(c(O)c3n2CCN(Cc2ccc(F)cc2)C3=O)c1=O. The van der Waals surface area contributed by atoms with Crippen molar-refractivity contribution in [2.45, 2.75) is 13.1 Å². The summed E-state index contributed by atoms with van der Waals surface area (Å²) in [6, 6.07) is 5.86. The van der Waals surface area contributed by atoms with Gasteiger partial charge in [-0.1, -0.05) is 12.1 Å². The van der Waals surface area contributed by atoms with E-state index in [9.17, 15) is 19.1 Å². The Morgan fingerprint density at radius 2 is 1.92 bits per heavy atom. The molecule has 1 aromatic carbocycles. The first-order valence-electron chi connectivity index (χ1n) is 8.00. The van der Waals surface area contributed by atoms with E-state index in [1.807, 2.05) is 0 Å². The summed E-state index contributed by atoms with van der Waals surface area (Å²) in [6.07, 6.45) is 0. The van der Waals surface area contributed by atoms with Gasteiger partial charge in [0.15, 0.2) is 17.3 Å². The Bertz CT molecular complexity index is 1100. The number of anilines is 1. The van der Waals surface area contributed by atoms with E-state index in [-0.39, 0.29) is 40.5 Å². The van der Waals surface area contributed by atoms with Gasteiger partial charge >= 0.3 is 0 Å². The van der Waals surface area contributed by atoms with Crippen LogP contribution in [0.1, 0.15) is 16.1 Å². The van der Waals surface area contributed by atoms with Crippen molar-refractivity contribution in [3.63, 3.8) is 0 Å². The van der Waals surface area contributed by atoms with Crippen LogP contribution in [0, 0.1) is 5.82 Å². The normalized spacial score (nSPS) is 14.1. The molecule has 0 radical (unpaired) electrons. The summed E-state index contributed by atoms with van der Waals surface area (Å²) >= 11 is 0. The molecule has 134 valence electrons. The lowest BCUT2D eigenvalue weighted by molar-refractivity contribution is 0.0689. The number of hydrogen-bond acceptors (Lipinski definition) is 5. The molecule has 9 heteroatoms. The molecule has 0 aliphatic carbocycles. The maximum absolute atomic E-state index is 13.1. The second-order valence-electron chi connectivity index (χ2n) is 6.24. The summed E-state index contributed by atoms with van der Waals surface area (Å²) < 4.78 is 15.6. The zero-order chi connectivity index (χ0) is 18.6. The second kappa shape index (κ2) is 5.58. The van der Waals surface area contributed by atoms with Crippen LogP contribution in [-0.4, -0.2) is 36.8 Å². The third kappa shape index (κ3) is 2.24. The molecule has 3 heterocycles. The summed E-state index contributed by atoms with van der Waals surface area (Å²) in [5.41, 5.74) is 6.45. The van der Waals surface area contributed by atoms with Crippen molar-refractivity contribution in [1.29, 1.82) is 0 Å². The highest BCUT2D eigenvalue weighted by molar-refractivity contribution is 6.06. The highest BCUT2D eigenvalue weighted by Gasteiger charge is 2.33. The topological polar surface area (TPSA) is 106 Å². The first-order chi connectivity index (χ1) is 12.4. The highest BCUT2D eigenvalue weighted by atomic mass is 19.1. The zero-order valence-electron chi connectivity index (χ0n) is 13.9. The van der Waals surface area contributed by atoms with E-state index >= 15 is 0 Å². The van der Waals surface area contributed by atoms with Crippen molar-refractivity contribution in [3.05, 3.63) is 51.7 Å². The van der Waals surface area contributed by atoms with E-state index in [2.05, 4.69) is 5.10 Å². The van der Waals surface area contributed by atoms with E-state index in [1.165, 1.54) is 28.6 Å². The van der Waals surface area contributed by atoms with Crippen LogP contribution in [-0.2, 0) is 20.1 Å². The van der Waals surface area contributed by atoms with Gasteiger partial charge in [0.05, 0.1) is 0 Å². The number of fused-ring (bicyclic) bond motifs is 3. The molecule has 1 amide bonds. The number of rotatable bonds is 2. The molecule has 0 fully saturated rings. The first kappa shape index (κ1) is 16.1. The summed E-state index contributed by atoms with van der Waals surface area (Å²) in [6.45, 7) is 0.991. The van der Waals surface area contributed by atoms with E-state index < -0.39 is 11.5 Å². The van der Waals surface area contributed by atoms with Crippen LogP contribution in [0.2, 0.25) is 0 Å². The monoisotopic (exact) mass is 357 g/mol. The smallest absolute Gasteiger partial charge is 0.279 e. The number of aromatic nitrogens is 3. The van der Waals surface area contributed by atoms with Gasteiger partial charge in [0.2, 0.25) is 0 Å². The number of amides is 1. The quantitative estimate of drug-likeness (QED) is 0.706. The Hall–Kier alpha value is -3.36. The van der Waals surface area contributed by atoms with Gasteiger partial charge in [0.25, 0.3) is 11.5 Å². The summed E-state index contributed by atoms with van der Waals surface area (Å²) in [4.78, 5) is 26.8. The van der Waals surface area contributed by atoms with Crippen LogP contribution < -0.4 is 11.3 Å². The van der Waals surface area contributed by atoms with Crippen LogP contribution in [0.5, 0.6) is 5.75 Å². The van der Waals surface area contributed by atoms with Crippen molar-refractivity contribution in [1.82, 2.24) is 19.2 Å². The third-order valence-corrected chi connectivity index (χ3v) is 4.62. The van der Waals surface area contributed by atoms with Crippen molar-refractivity contribution in [2.24, 2.45) is 7.05 Å². The molecular formula is C17H16FN5O3. The molecule has 4 rings (SSSR count). The average Bonchev–Trinajstić information content (AvgIpc) is 2.91. The first-order valence-corrected chi connectivity index (χ1v) is 8.00. The summed E-state index contributed by atoms with van der Waals surface area (Å²) in [7, 11) is 1.43. The minimum absolute atomic E-state index is 0.00742. The van der Waals surface area contributed by atoms with Crippen molar-refractivity contribution < 1.29 is 14.3 Å². The van der Waals surface area contributed by atoms with Crippen LogP contribution in [0.25, 0.3) is 10.9 Å². The third-order valence-electron chi connectivity index (χ3n) is 4.62. The Labute approximate surface area is 146 Å². The van der Waals surface area contributed by atoms with Gasteiger partial charge in [-0.3, -0.25) is 9.59 Å². The number of nitrogen functional groups attached to an aromatic ring is 1. The number of aromatic hydroxyl groups is 1. The standard InChI is InChI=1S/C17H16FN5O3/c1-21-16(25)11-12(15(19)20-21)23-7-6-22(17(26)13(23)14(11)24)8-9-2-4-10(18)5-3-9/h2-5,24H,6-8H2,1H3,(H2,19,20). The van der Waals surface area contributed by atoms with Gasteiger partial charge in [-0.25, -0.2) is 9.07 Å². The molecule has 0 unspecified atom stereocenters. The van der Waals surface area contributed by atoms with Gasteiger partial charge in [-0.15, -0.1) is 0 Å². The van der Waals surface area contributed by atoms with E-state index in [1.54, 1.807) is 12.1 Å². The predicted octanol–water partition coefficient (Wildman–Crippen LogP) is 0.818. The minimum Gasteiger partial charge on any atom is -0.505 e. The molecule has 0 saturated carbocycles. The minimum atomic E-state index is -0.522. The molecule has 1 aliphatic rings. The number of hydrogen-bond donors (Lipinski definition) is 2. The number of nitrogens with two attached hydrogens (primary N) is 1. The fraction of sp³-hybridized carbons (Fsp3) is 0.235. The Balaban J connectivity index is 1.80. The zero-order valence-corrected chi connectivity index (χ0v) is 13.9. The molecule has 3 N–H and O–H groups in total. The molecule has 26 heavy (non-hydrogen) atoms. The molecule has 0 saturated heterocycles.